The van der Waals surface area contributed by atoms with Crippen molar-refractivity contribution in [3.63, 3.8) is 0 Å². The van der Waals surface area contributed by atoms with Crippen molar-refractivity contribution in [3.05, 3.63) is 23.2 Å². The highest BCUT2D eigenvalue weighted by Crippen LogP contribution is 2.28. The standard InChI is InChI=1S/C14H21ClN2O/c1-18-14-7-6-12(9-13(14)15)17-11-5-3-2-4-10(16)8-11/h6-7,9-11,17H,2-5,8,16H2,1H3. The zero-order chi connectivity index (χ0) is 13.0. The van der Waals surface area contributed by atoms with E-state index < -0.39 is 0 Å². The Kier molecular flexibility index (Phi) is 4.72. The summed E-state index contributed by atoms with van der Waals surface area (Å²) >= 11 is 6.12. The molecule has 1 saturated carbocycles. The Morgan fingerprint density at radius 2 is 2.11 bits per heavy atom. The highest BCUT2D eigenvalue weighted by atomic mass is 35.5. The summed E-state index contributed by atoms with van der Waals surface area (Å²) < 4.78 is 5.15. The van der Waals surface area contributed by atoms with E-state index in [0.717, 1.165) is 18.5 Å². The van der Waals surface area contributed by atoms with Gasteiger partial charge in [0.2, 0.25) is 0 Å². The van der Waals surface area contributed by atoms with Gasteiger partial charge in [0, 0.05) is 17.8 Å². The van der Waals surface area contributed by atoms with E-state index in [1.807, 2.05) is 18.2 Å². The number of nitrogens with two attached hydrogens (primary N) is 1. The van der Waals surface area contributed by atoms with Crippen molar-refractivity contribution in [1.82, 2.24) is 0 Å². The monoisotopic (exact) mass is 268 g/mol. The van der Waals surface area contributed by atoms with Gasteiger partial charge in [0.1, 0.15) is 5.75 Å². The number of anilines is 1. The second kappa shape index (κ2) is 6.30. The van der Waals surface area contributed by atoms with Crippen LogP contribution < -0.4 is 15.8 Å². The van der Waals surface area contributed by atoms with Gasteiger partial charge < -0.3 is 15.8 Å². The summed E-state index contributed by atoms with van der Waals surface area (Å²) in [5, 5.41) is 4.16. The molecule has 2 rings (SSSR count). The first-order chi connectivity index (χ1) is 8.69. The van der Waals surface area contributed by atoms with E-state index in [9.17, 15) is 0 Å². The molecule has 0 heterocycles. The normalized spacial score (nSPS) is 24.4. The van der Waals surface area contributed by atoms with E-state index >= 15 is 0 Å². The highest BCUT2D eigenvalue weighted by Gasteiger charge is 2.17. The van der Waals surface area contributed by atoms with Gasteiger partial charge in [-0.3, -0.25) is 0 Å². The Morgan fingerprint density at radius 1 is 1.33 bits per heavy atom. The van der Waals surface area contributed by atoms with Crippen LogP contribution in [0.3, 0.4) is 0 Å². The minimum atomic E-state index is 0.318. The minimum absolute atomic E-state index is 0.318. The second-order valence-electron chi connectivity index (χ2n) is 4.97. The summed E-state index contributed by atoms with van der Waals surface area (Å²) in [4.78, 5) is 0. The first-order valence-electron chi connectivity index (χ1n) is 6.54. The van der Waals surface area contributed by atoms with Gasteiger partial charge in [-0.2, -0.15) is 0 Å². The Hall–Kier alpha value is -0.930. The molecule has 0 aliphatic heterocycles. The molecule has 1 aliphatic carbocycles. The van der Waals surface area contributed by atoms with Crippen molar-refractivity contribution in [1.29, 1.82) is 0 Å². The molecule has 2 atom stereocenters. The van der Waals surface area contributed by atoms with Gasteiger partial charge in [0.15, 0.2) is 0 Å². The van der Waals surface area contributed by atoms with E-state index in [1.165, 1.54) is 19.3 Å². The molecule has 0 spiro atoms. The Morgan fingerprint density at radius 3 is 2.83 bits per heavy atom. The summed E-state index contributed by atoms with van der Waals surface area (Å²) in [6.45, 7) is 0. The van der Waals surface area contributed by atoms with Crippen LogP contribution >= 0.6 is 11.6 Å². The molecule has 1 aromatic carbocycles. The number of ether oxygens (including phenoxy) is 1. The van der Waals surface area contributed by atoms with Crippen LogP contribution in [-0.4, -0.2) is 19.2 Å². The number of hydrogen-bond donors (Lipinski definition) is 2. The number of methoxy groups -OCH3 is 1. The summed E-state index contributed by atoms with van der Waals surface area (Å²) in [6, 6.07) is 6.57. The largest absolute Gasteiger partial charge is 0.495 e. The van der Waals surface area contributed by atoms with Gasteiger partial charge in [0.25, 0.3) is 0 Å². The quantitative estimate of drug-likeness (QED) is 0.826. The topological polar surface area (TPSA) is 47.3 Å². The van der Waals surface area contributed by atoms with E-state index in [-0.39, 0.29) is 0 Å². The summed E-state index contributed by atoms with van der Waals surface area (Å²) in [5.41, 5.74) is 7.11. The van der Waals surface area contributed by atoms with Crippen LogP contribution in [0.15, 0.2) is 18.2 Å². The third kappa shape index (κ3) is 3.53. The van der Waals surface area contributed by atoms with Crippen LogP contribution in [0.4, 0.5) is 5.69 Å². The second-order valence-corrected chi connectivity index (χ2v) is 5.38. The fourth-order valence-corrected chi connectivity index (χ4v) is 2.78. The van der Waals surface area contributed by atoms with Gasteiger partial charge in [-0.1, -0.05) is 24.4 Å². The Bertz CT molecular complexity index is 397. The Balaban J connectivity index is 2.01. The molecule has 0 aromatic heterocycles. The minimum Gasteiger partial charge on any atom is -0.495 e. The van der Waals surface area contributed by atoms with E-state index in [1.54, 1.807) is 7.11 Å². The molecular formula is C14H21ClN2O. The smallest absolute Gasteiger partial charge is 0.137 e. The lowest BCUT2D eigenvalue weighted by Crippen LogP contribution is -2.28. The number of rotatable bonds is 3. The molecule has 100 valence electrons. The number of benzene rings is 1. The van der Waals surface area contributed by atoms with Gasteiger partial charge in [-0.25, -0.2) is 0 Å². The zero-order valence-electron chi connectivity index (χ0n) is 10.8. The van der Waals surface area contributed by atoms with Crippen LogP contribution in [-0.2, 0) is 0 Å². The molecule has 0 amide bonds. The lowest BCUT2D eigenvalue weighted by Gasteiger charge is -2.20. The van der Waals surface area contributed by atoms with Crippen molar-refractivity contribution in [2.45, 2.75) is 44.2 Å². The van der Waals surface area contributed by atoms with Crippen LogP contribution in [0.1, 0.15) is 32.1 Å². The van der Waals surface area contributed by atoms with E-state index in [4.69, 9.17) is 22.1 Å². The summed E-state index contributed by atoms with van der Waals surface area (Å²) in [7, 11) is 1.62. The number of halogens is 1. The van der Waals surface area contributed by atoms with Crippen molar-refractivity contribution in [2.24, 2.45) is 5.73 Å². The maximum Gasteiger partial charge on any atom is 0.137 e. The average Bonchev–Trinajstić information content (AvgIpc) is 2.54. The van der Waals surface area contributed by atoms with Gasteiger partial charge in [0.05, 0.1) is 12.1 Å². The van der Waals surface area contributed by atoms with Crippen LogP contribution in [0, 0.1) is 0 Å². The lowest BCUT2D eigenvalue weighted by molar-refractivity contribution is 0.415. The maximum absolute atomic E-state index is 6.12. The Labute approximate surface area is 114 Å². The fraction of sp³-hybridized carbons (Fsp3) is 0.571. The third-order valence-corrected chi connectivity index (χ3v) is 3.78. The molecule has 0 saturated heterocycles. The van der Waals surface area contributed by atoms with Crippen LogP contribution in [0.25, 0.3) is 0 Å². The SMILES string of the molecule is COc1ccc(NC2CCCCC(N)C2)cc1Cl. The van der Waals surface area contributed by atoms with Crippen molar-refractivity contribution < 1.29 is 4.74 Å². The highest BCUT2D eigenvalue weighted by molar-refractivity contribution is 6.32. The molecule has 4 heteroatoms. The molecule has 1 aromatic rings. The lowest BCUT2D eigenvalue weighted by atomic mass is 10.1. The third-order valence-electron chi connectivity index (χ3n) is 3.49. The average molecular weight is 269 g/mol. The molecule has 2 unspecified atom stereocenters. The predicted molar refractivity (Wildman–Crippen MR) is 76.5 cm³/mol. The molecular weight excluding hydrogens is 248 g/mol. The summed E-state index contributed by atoms with van der Waals surface area (Å²) in [5.74, 6) is 0.708. The predicted octanol–water partition coefficient (Wildman–Crippen LogP) is 3.42. The maximum atomic E-state index is 6.12. The molecule has 1 aliphatic rings. The van der Waals surface area contributed by atoms with Gasteiger partial charge in [-0.05, 0) is 37.5 Å². The van der Waals surface area contributed by atoms with Crippen molar-refractivity contribution in [3.8, 4) is 5.75 Å². The molecule has 3 N–H and O–H groups in total. The van der Waals surface area contributed by atoms with Crippen LogP contribution in [0.5, 0.6) is 5.75 Å². The van der Waals surface area contributed by atoms with Gasteiger partial charge in [-0.15, -0.1) is 0 Å². The zero-order valence-corrected chi connectivity index (χ0v) is 11.5. The van der Waals surface area contributed by atoms with Crippen molar-refractivity contribution in [2.75, 3.05) is 12.4 Å². The van der Waals surface area contributed by atoms with Crippen molar-refractivity contribution >= 4 is 17.3 Å². The number of nitrogens with one attached hydrogen (secondary N) is 1. The first kappa shape index (κ1) is 13.5. The van der Waals surface area contributed by atoms with E-state index in [0.29, 0.717) is 22.9 Å². The summed E-state index contributed by atoms with van der Waals surface area (Å²) in [6.07, 6.45) is 5.83. The van der Waals surface area contributed by atoms with Gasteiger partial charge >= 0.3 is 0 Å². The molecule has 0 bridgehead atoms. The molecule has 1 fully saturated rings. The first-order valence-corrected chi connectivity index (χ1v) is 6.92. The van der Waals surface area contributed by atoms with Crippen LogP contribution in [0.2, 0.25) is 5.02 Å². The molecule has 3 nitrogen and oxygen atoms in total. The molecule has 0 radical (unpaired) electrons. The molecule has 18 heavy (non-hydrogen) atoms. The van der Waals surface area contributed by atoms with E-state index in [2.05, 4.69) is 5.32 Å². The number of hydrogen-bond acceptors (Lipinski definition) is 3. The fourth-order valence-electron chi connectivity index (χ4n) is 2.52.